The highest BCUT2D eigenvalue weighted by Gasteiger charge is 2.40. The molecule has 14 N–H and O–H groups in total. The second-order valence-corrected chi connectivity index (χ2v) is 14.5. The first-order valence-corrected chi connectivity index (χ1v) is 18.5. The minimum atomic E-state index is -1.49. The van der Waals surface area contributed by atoms with Crippen molar-refractivity contribution in [2.75, 3.05) is 24.6 Å². The summed E-state index contributed by atoms with van der Waals surface area (Å²) < 4.78 is 0. The summed E-state index contributed by atoms with van der Waals surface area (Å²) in [4.78, 5) is 96.2. The van der Waals surface area contributed by atoms with E-state index >= 15 is 0 Å². The summed E-state index contributed by atoms with van der Waals surface area (Å²) in [5, 5.41) is 29.4. The lowest BCUT2D eigenvalue weighted by Gasteiger charge is -2.30. The average Bonchev–Trinajstić information content (AvgIpc) is 3.56. The number of phenolic OH excluding ortho intramolecular Hbond substituents is 1. The Bertz CT molecular complexity index is 1480. The largest absolute Gasteiger partial charge is 0.508 e. The number of rotatable bonds is 13. The number of carboxylic acids is 1. The zero-order chi connectivity index (χ0) is 37.7. The van der Waals surface area contributed by atoms with E-state index in [9.17, 15) is 43.8 Å². The minimum absolute atomic E-state index is 0.0235. The molecule has 1 aromatic rings. The number of guanidine groups is 1. The maximum Gasteiger partial charge on any atom is 0.327 e. The summed E-state index contributed by atoms with van der Waals surface area (Å²) in [6.07, 6.45) is 0.374. The number of hydrogen-bond acceptors (Lipinski definition) is 12. The van der Waals surface area contributed by atoms with Crippen LogP contribution in [-0.2, 0) is 40.0 Å². The molecule has 0 aliphatic carbocycles. The Hall–Kier alpha value is -4.76. The van der Waals surface area contributed by atoms with E-state index in [4.69, 9.17) is 22.9 Å². The number of carbonyl (C=O) groups excluding carboxylic acids is 6. The number of nitrogens with two attached hydrogens (primary N) is 4. The smallest absolute Gasteiger partial charge is 0.327 e. The van der Waals surface area contributed by atoms with Gasteiger partial charge in [0.2, 0.25) is 35.4 Å². The van der Waals surface area contributed by atoms with Crippen molar-refractivity contribution in [3.05, 3.63) is 29.8 Å². The van der Waals surface area contributed by atoms with E-state index < -0.39 is 84.1 Å². The fourth-order valence-corrected chi connectivity index (χ4v) is 7.66. The summed E-state index contributed by atoms with van der Waals surface area (Å²) in [6, 6.07) is -1.46. The number of hydrogen-bond donors (Lipinski definition) is 10. The number of primary amides is 1. The fraction of sp³-hybridized carbons (Fsp3) is 0.533. The fourth-order valence-electron chi connectivity index (χ4n) is 5.34. The van der Waals surface area contributed by atoms with Gasteiger partial charge in [-0.1, -0.05) is 33.7 Å². The van der Waals surface area contributed by atoms with E-state index in [1.807, 2.05) is 0 Å². The van der Waals surface area contributed by atoms with Gasteiger partial charge in [0, 0.05) is 24.6 Å². The lowest BCUT2D eigenvalue weighted by atomic mass is 10.0. The summed E-state index contributed by atoms with van der Waals surface area (Å²) in [5.74, 6) is -6.41. The predicted octanol–water partition coefficient (Wildman–Crippen LogP) is -3.40. The minimum Gasteiger partial charge on any atom is -0.508 e. The zero-order valence-corrected chi connectivity index (χ0v) is 29.3. The number of amides is 6. The summed E-state index contributed by atoms with van der Waals surface area (Å²) in [7, 11) is 2.04. The van der Waals surface area contributed by atoms with E-state index in [1.165, 1.54) is 17.0 Å². The molecule has 0 aromatic heterocycles. The number of benzene rings is 1. The molecular formula is C30H44N10O9S2. The van der Waals surface area contributed by atoms with E-state index in [0.717, 1.165) is 21.6 Å². The Balaban J connectivity index is 1.85. The molecule has 0 unspecified atom stereocenters. The van der Waals surface area contributed by atoms with Gasteiger partial charge in [-0.3, -0.25) is 33.8 Å². The van der Waals surface area contributed by atoms with Crippen molar-refractivity contribution >= 4 is 69.0 Å². The van der Waals surface area contributed by atoms with Crippen LogP contribution in [0.25, 0.3) is 0 Å². The van der Waals surface area contributed by atoms with Crippen LogP contribution in [0.5, 0.6) is 5.75 Å². The Morgan fingerprint density at radius 2 is 1.69 bits per heavy atom. The van der Waals surface area contributed by atoms with Crippen LogP contribution in [0, 0.1) is 0 Å². The topological polar surface area (TPSA) is 328 Å². The molecule has 2 fully saturated rings. The van der Waals surface area contributed by atoms with Crippen molar-refractivity contribution in [3.8, 4) is 5.75 Å². The van der Waals surface area contributed by atoms with Gasteiger partial charge in [0.15, 0.2) is 5.96 Å². The highest BCUT2D eigenvalue weighted by molar-refractivity contribution is 8.76. The van der Waals surface area contributed by atoms with E-state index in [-0.39, 0.29) is 62.0 Å². The van der Waals surface area contributed by atoms with Gasteiger partial charge in [0.1, 0.15) is 36.0 Å². The van der Waals surface area contributed by atoms with E-state index in [1.54, 1.807) is 12.1 Å². The quantitative estimate of drug-likeness (QED) is 0.0407. The first-order chi connectivity index (χ1) is 24.2. The van der Waals surface area contributed by atoms with Gasteiger partial charge in [-0.05, 0) is 49.8 Å². The van der Waals surface area contributed by atoms with Gasteiger partial charge in [0.25, 0.3) is 0 Å². The number of phenols is 1. The molecule has 51 heavy (non-hydrogen) atoms. The van der Waals surface area contributed by atoms with Gasteiger partial charge in [0.05, 0.1) is 12.5 Å². The SMILES string of the molecule is NC(=O)C[C@@H]1NC(=O)[C@@H](NC(=O)[C@H](CCCN=C(N)N)NC(=O)[C@@H](N)Cc2ccc(O)cc2)CSSC[C@@H](C(=O)O)NC(=O)[C@@H]2CCCN2C1=O. The Morgan fingerprint density at radius 1 is 1.00 bits per heavy atom. The highest BCUT2D eigenvalue weighted by Crippen LogP contribution is 2.25. The molecule has 2 heterocycles. The zero-order valence-electron chi connectivity index (χ0n) is 27.6. The summed E-state index contributed by atoms with van der Waals surface area (Å²) in [5.41, 5.74) is 23.0. The number of nitrogens with one attached hydrogen (secondary N) is 4. The molecule has 19 nitrogen and oxygen atoms in total. The molecule has 21 heteroatoms. The summed E-state index contributed by atoms with van der Waals surface area (Å²) >= 11 is 0. The number of carbonyl (C=O) groups is 7. The van der Waals surface area contributed by atoms with Crippen LogP contribution in [-0.4, -0.2) is 123 Å². The van der Waals surface area contributed by atoms with Crippen molar-refractivity contribution in [2.45, 2.75) is 74.8 Å². The standard InChI is InChI=1S/C30H44N10O9S2/c31-17(11-15-5-7-16(41)8-6-15)24(43)36-18(3-1-9-35-30(33)34)25(44)38-20-13-50-51-14-21(29(48)49)39-27(46)22-4-2-10-40(22)28(47)19(12-23(32)42)37-26(20)45/h5-8,17-22,41H,1-4,9-14,31H2,(H2,32,42)(H,36,43)(H,37,45)(H,38,44)(H,39,46)(H,48,49)(H4,33,34,35)/t17-,18-,19-,20-,21-,22-/m0/s1. The van der Waals surface area contributed by atoms with Gasteiger partial charge in [-0.15, -0.1) is 0 Å². The van der Waals surface area contributed by atoms with Crippen LogP contribution in [0.1, 0.15) is 37.7 Å². The van der Waals surface area contributed by atoms with Crippen LogP contribution >= 0.6 is 21.6 Å². The third-order valence-electron chi connectivity index (χ3n) is 7.97. The average molecular weight is 753 g/mol. The molecule has 6 atom stereocenters. The van der Waals surface area contributed by atoms with Crippen LogP contribution in [0.3, 0.4) is 0 Å². The van der Waals surface area contributed by atoms with Crippen molar-refractivity contribution in [2.24, 2.45) is 27.9 Å². The van der Waals surface area contributed by atoms with Crippen LogP contribution < -0.4 is 44.2 Å². The van der Waals surface area contributed by atoms with E-state index in [0.29, 0.717) is 12.0 Å². The van der Waals surface area contributed by atoms with E-state index in [2.05, 4.69) is 26.3 Å². The third-order valence-corrected chi connectivity index (χ3v) is 10.4. The Labute approximate surface area is 301 Å². The molecule has 280 valence electrons. The third kappa shape index (κ3) is 12.8. The number of aliphatic imine (C=N–C) groups is 1. The lowest BCUT2D eigenvalue weighted by Crippen LogP contribution is -2.60. The van der Waals surface area contributed by atoms with Gasteiger partial charge >= 0.3 is 5.97 Å². The van der Waals surface area contributed by atoms with Crippen molar-refractivity contribution < 1.29 is 43.8 Å². The maximum atomic E-state index is 13.7. The molecule has 0 saturated carbocycles. The van der Waals surface area contributed by atoms with Gasteiger partial charge < -0.3 is 59.3 Å². The van der Waals surface area contributed by atoms with Crippen molar-refractivity contribution in [3.63, 3.8) is 0 Å². The first-order valence-electron chi connectivity index (χ1n) is 16.0. The molecule has 2 aliphatic heterocycles. The molecule has 6 amide bonds. The van der Waals surface area contributed by atoms with Gasteiger partial charge in [-0.25, -0.2) is 4.79 Å². The molecule has 0 bridgehead atoms. The normalized spacial score (nSPS) is 22.6. The molecule has 3 rings (SSSR count). The second-order valence-electron chi connectivity index (χ2n) is 11.9. The maximum absolute atomic E-state index is 13.7. The highest BCUT2D eigenvalue weighted by atomic mass is 33.1. The van der Waals surface area contributed by atoms with Crippen LogP contribution in [0.4, 0.5) is 0 Å². The van der Waals surface area contributed by atoms with Crippen LogP contribution in [0.15, 0.2) is 29.3 Å². The lowest BCUT2D eigenvalue weighted by molar-refractivity contribution is -0.145. The number of carboxylic acid groups (broad SMARTS) is 1. The molecular weight excluding hydrogens is 709 g/mol. The second kappa shape index (κ2) is 19.6. The molecule has 2 saturated heterocycles. The molecule has 2 aliphatic rings. The first kappa shape index (κ1) is 40.7. The number of aliphatic carboxylic acids is 1. The molecule has 1 aromatic carbocycles. The number of nitrogens with zero attached hydrogens (tertiary/aromatic N) is 2. The summed E-state index contributed by atoms with van der Waals surface area (Å²) in [6.45, 7) is 0.230. The van der Waals surface area contributed by atoms with Gasteiger partial charge in [-0.2, -0.15) is 0 Å². The predicted molar refractivity (Wildman–Crippen MR) is 189 cm³/mol. The monoisotopic (exact) mass is 752 g/mol. The number of aromatic hydroxyl groups is 1. The Kier molecular flexibility index (Phi) is 15.6. The molecule has 0 radical (unpaired) electrons. The molecule has 0 spiro atoms. The van der Waals surface area contributed by atoms with Crippen LogP contribution in [0.2, 0.25) is 0 Å². The Morgan fingerprint density at radius 3 is 2.33 bits per heavy atom. The number of fused-ring (bicyclic) bond motifs is 1. The van der Waals surface area contributed by atoms with Crippen molar-refractivity contribution in [1.29, 1.82) is 0 Å². The van der Waals surface area contributed by atoms with Crippen molar-refractivity contribution in [1.82, 2.24) is 26.2 Å².